The van der Waals surface area contributed by atoms with Crippen LogP contribution < -0.4 is 21.7 Å². The van der Waals surface area contributed by atoms with Gasteiger partial charge in [-0.05, 0) is 25.7 Å². The highest BCUT2D eigenvalue weighted by Gasteiger charge is 2.31. The number of carbonyl (C=O) groups is 6. The summed E-state index contributed by atoms with van der Waals surface area (Å²) in [7, 11) is 0. The summed E-state index contributed by atoms with van der Waals surface area (Å²) in [6.07, 6.45) is -1.36. The van der Waals surface area contributed by atoms with Crippen LogP contribution in [0.15, 0.2) is 0 Å². The first kappa shape index (κ1) is 27.8. The second-order valence-corrected chi connectivity index (χ2v) is 7.33. The minimum absolute atomic E-state index is 0.196. The Morgan fingerprint density at radius 3 is 1.71 bits per heavy atom. The maximum absolute atomic E-state index is 12.7. The van der Waals surface area contributed by atoms with Gasteiger partial charge in [-0.3, -0.25) is 28.8 Å². The average molecular weight is 446 g/mol. The largest absolute Gasteiger partial charge is 0.481 e. The van der Waals surface area contributed by atoms with Gasteiger partial charge in [0, 0.05) is 12.8 Å². The summed E-state index contributed by atoms with van der Waals surface area (Å²) in [5, 5.41) is 33.4. The summed E-state index contributed by atoms with van der Waals surface area (Å²) in [6.45, 7) is 4.44. The summed E-state index contributed by atoms with van der Waals surface area (Å²) in [4.78, 5) is 69.7. The normalized spacial score (nSPS) is 14.6. The standard InChI is InChI=1S/C18H30N4O9/c1-8(2)14(17(29)20-9(3)18(30)31)22-16(28)11(5-7-13(25)26)21-15(27)10(19)4-6-12(23)24/h8-11,14H,4-7,19H2,1-3H3,(H,20,29)(H,21,27)(H,22,28)(H,23,24)(H,25,26)(H,30,31)/t9-,10+,11+,14+/m1/s1. The lowest BCUT2D eigenvalue weighted by Crippen LogP contribution is -2.58. The molecule has 0 unspecified atom stereocenters. The molecule has 0 heterocycles. The Morgan fingerprint density at radius 2 is 1.26 bits per heavy atom. The van der Waals surface area contributed by atoms with Crippen LogP contribution in [0.1, 0.15) is 46.5 Å². The van der Waals surface area contributed by atoms with Gasteiger partial charge >= 0.3 is 17.9 Å². The van der Waals surface area contributed by atoms with Gasteiger partial charge in [0.15, 0.2) is 0 Å². The third-order valence-electron chi connectivity index (χ3n) is 4.26. The molecule has 13 nitrogen and oxygen atoms in total. The first-order valence-corrected chi connectivity index (χ1v) is 9.59. The number of carboxylic acids is 3. The van der Waals surface area contributed by atoms with E-state index in [-0.39, 0.29) is 19.3 Å². The fourth-order valence-electron chi connectivity index (χ4n) is 2.38. The highest BCUT2D eigenvalue weighted by Crippen LogP contribution is 2.06. The van der Waals surface area contributed by atoms with Crippen LogP contribution in [0.2, 0.25) is 0 Å². The molecule has 4 atom stereocenters. The first-order valence-electron chi connectivity index (χ1n) is 9.59. The van der Waals surface area contributed by atoms with Crippen LogP contribution in [0.5, 0.6) is 0 Å². The van der Waals surface area contributed by atoms with E-state index in [2.05, 4.69) is 16.0 Å². The Bertz CT molecular complexity index is 696. The van der Waals surface area contributed by atoms with Crippen LogP contribution in [-0.2, 0) is 28.8 Å². The number of carboxylic acid groups (broad SMARTS) is 3. The summed E-state index contributed by atoms with van der Waals surface area (Å²) in [6, 6.07) is -4.96. The monoisotopic (exact) mass is 446 g/mol. The molecular weight excluding hydrogens is 416 g/mol. The zero-order chi connectivity index (χ0) is 24.3. The number of hydrogen-bond donors (Lipinski definition) is 7. The summed E-state index contributed by atoms with van der Waals surface area (Å²) < 4.78 is 0. The lowest BCUT2D eigenvalue weighted by atomic mass is 10.0. The van der Waals surface area contributed by atoms with Gasteiger partial charge in [0.25, 0.3) is 0 Å². The van der Waals surface area contributed by atoms with Gasteiger partial charge in [-0.1, -0.05) is 13.8 Å². The number of hydrogen-bond acceptors (Lipinski definition) is 7. The molecule has 0 aliphatic rings. The average Bonchev–Trinajstić information content (AvgIpc) is 2.65. The van der Waals surface area contributed by atoms with E-state index in [1.165, 1.54) is 6.92 Å². The molecule has 0 aromatic rings. The van der Waals surface area contributed by atoms with Crippen LogP contribution in [0.3, 0.4) is 0 Å². The molecule has 176 valence electrons. The summed E-state index contributed by atoms with van der Waals surface area (Å²) >= 11 is 0. The SMILES string of the molecule is CC(C)[C@H](NC(=O)[C@H](CCC(=O)O)NC(=O)[C@@H](N)CCC(=O)O)C(=O)N[C@H](C)C(=O)O. The molecule has 0 saturated carbocycles. The van der Waals surface area contributed by atoms with Crippen molar-refractivity contribution < 1.29 is 44.1 Å². The summed E-state index contributed by atoms with van der Waals surface area (Å²) in [5.74, 6) is -6.60. The Morgan fingerprint density at radius 1 is 0.742 bits per heavy atom. The van der Waals surface area contributed by atoms with Crippen molar-refractivity contribution >= 4 is 35.6 Å². The maximum Gasteiger partial charge on any atom is 0.325 e. The summed E-state index contributed by atoms with van der Waals surface area (Å²) in [5.41, 5.74) is 5.61. The minimum atomic E-state index is -1.36. The predicted molar refractivity (Wildman–Crippen MR) is 106 cm³/mol. The molecule has 0 radical (unpaired) electrons. The van der Waals surface area contributed by atoms with E-state index in [4.69, 9.17) is 21.1 Å². The van der Waals surface area contributed by atoms with Crippen molar-refractivity contribution in [2.24, 2.45) is 11.7 Å². The van der Waals surface area contributed by atoms with Gasteiger partial charge in [-0.25, -0.2) is 0 Å². The molecule has 0 saturated heterocycles. The molecule has 0 aromatic heterocycles. The lowest BCUT2D eigenvalue weighted by molar-refractivity contribution is -0.142. The number of amides is 3. The number of carbonyl (C=O) groups excluding carboxylic acids is 3. The van der Waals surface area contributed by atoms with Gasteiger partial charge in [0.1, 0.15) is 18.1 Å². The second kappa shape index (κ2) is 13.2. The van der Waals surface area contributed by atoms with E-state index >= 15 is 0 Å². The van der Waals surface area contributed by atoms with E-state index < -0.39 is 72.1 Å². The highest BCUT2D eigenvalue weighted by atomic mass is 16.4. The molecule has 0 aliphatic heterocycles. The molecule has 0 aliphatic carbocycles. The van der Waals surface area contributed by atoms with Crippen molar-refractivity contribution in [2.75, 3.05) is 0 Å². The third-order valence-corrected chi connectivity index (χ3v) is 4.26. The van der Waals surface area contributed by atoms with Gasteiger partial charge in [0.2, 0.25) is 17.7 Å². The Hall–Kier alpha value is -3.22. The van der Waals surface area contributed by atoms with Gasteiger partial charge < -0.3 is 37.0 Å². The Balaban J connectivity index is 5.32. The van der Waals surface area contributed by atoms with Gasteiger partial charge in [0.05, 0.1) is 6.04 Å². The van der Waals surface area contributed by atoms with Crippen LogP contribution in [0.4, 0.5) is 0 Å². The maximum atomic E-state index is 12.7. The molecule has 0 fully saturated rings. The molecule has 0 aromatic carbocycles. The zero-order valence-corrected chi connectivity index (χ0v) is 17.6. The van der Waals surface area contributed by atoms with Crippen molar-refractivity contribution in [3.8, 4) is 0 Å². The lowest BCUT2D eigenvalue weighted by Gasteiger charge is -2.26. The number of aliphatic carboxylic acids is 3. The van der Waals surface area contributed by atoms with Crippen molar-refractivity contribution in [3.63, 3.8) is 0 Å². The first-order chi connectivity index (χ1) is 14.3. The van der Waals surface area contributed by atoms with Crippen LogP contribution >= 0.6 is 0 Å². The molecule has 0 spiro atoms. The zero-order valence-electron chi connectivity index (χ0n) is 17.6. The van der Waals surface area contributed by atoms with Crippen LogP contribution in [0, 0.1) is 5.92 Å². The van der Waals surface area contributed by atoms with Crippen molar-refractivity contribution in [2.45, 2.75) is 70.6 Å². The van der Waals surface area contributed by atoms with Crippen LogP contribution in [-0.4, -0.2) is 75.1 Å². The van der Waals surface area contributed by atoms with E-state index in [1.807, 2.05) is 0 Å². The molecular formula is C18H30N4O9. The highest BCUT2D eigenvalue weighted by molar-refractivity contribution is 5.94. The molecule has 13 heteroatoms. The Kier molecular flexibility index (Phi) is 11.8. The predicted octanol–water partition coefficient (Wildman–Crippen LogP) is -1.74. The van der Waals surface area contributed by atoms with Crippen molar-refractivity contribution in [3.05, 3.63) is 0 Å². The fourth-order valence-corrected chi connectivity index (χ4v) is 2.38. The van der Waals surface area contributed by atoms with Gasteiger partial charge in [-0.2, -0.15) is 0 Å². The number of rotatable bonds is 14. The molecule has 3 amide bonds. The van der Waals surface area contributed by atoms with E-state index in [9.17, 15) is 28.8 Å². The van der Waals surface area contributed by atoms with E-state index in [0.717, 1.165) is 0 Å². The van der Waals surface area contributed by atoms with Crippen LogP contribution in [0.25, 0.3) is 0 Å². The smallest absolute Gasteiger partial charge is 0.325 e. The number of nitrogens with one attached hydrogen (secondary N) is 3. The van der Waals surface area contributed by atoms with Crippen molar-refractivity contribution in [1.29, 1.82) is 0 Å². The Labute approximate surface area is 178 Å². The quantitative estimate of drug-likeness (QED) is 0.159. The molecule has 31 heavy (non-hydrogen) atoms. The third kappa shape index (κ3) is 10.9. The van der Waals surface area contributed by atoms with Gasteiger partial charge in [-0.15, -0.1) is 0 Å². The minimum Gasteiger partial charge on any atom is -0.481 e. The molecule has 0 bridgehead atoms. The molecule has 0 rings (SSSR count). The van der Waals surface area contributed by atoms with Crippen molar-refractivity contribution in [1.82, 2.24) is 16.0 Å². The topological polar surface area (TPSA) is 225 Å². The molecule has 8 N–H and O–H groups in total. The number of nitrogens with two attached hydrogens (primary N) is 1. The van der Waals surface area contributed by atoms with E-state index in [0.29, 0.717) is 0 Å². The second-order valence-electron chi connectivity index (χ2n) is 7.33. The fraction of sp³-hybridized carbons (Fsp3) is 0.667. The van der Waals surface area contributed by atoms with E-state index in [1.54, 1.807) is 13.8 Å².